The predicted octanol–water partition coefficient (Wildman–Crippen LogP) is 4.79. The van der Waals surface area contributed by atoms with E-state index in [4.69, 9.17) is 0 Å². The summed E-state index contributed by atoms with van der Waals surface area (Å²) in [6.07, 6.45) is 0. The Labute approximate surface area is 122 Å². The average molecular weight is 315 g/mol. The average Bonchev–Trinajstić information content (AvgIpc) is 2.43. The Morgan fingerprint density at radius 2 is 1.84 bits per heavy atom. The largest absolute Gasteiger partial charge is 0.341 e. The van der Waals surface area contributed by atoms with Crippen LogP contribution in [0.15, 0.2) is 46.9 Å². The first-order chi connectivity index (χ1) is 9.15. The van der Waals surface area contributed by atoms with Crippen LogP contribution in [0.25, 0.3) is 0 Å². The molecule has 2 aromatic rings. The monoisotopic (exact) mass is 314 g/mol. The predicted molar refractivity (Wildman–Crippen MR) is 82.7 cm³/mol. The van der Waals surface area contributed by atoms with Crippen molar-refractivity contribution in [2.75, 3.05) is 11.4 Å². The zero-order valence-electron chi connectivity index (χ0n) is 11.0. The van der Waals surface area contributed by atoms with Gasteiger partial charge in [-0.3, -0.25) is 0 Å². The summed E-state index contributed by atoms with van der Waals surface area (Å²) in [5, 5.41) is 9.28. The van der Waals surface area contributed by atoms with Gasteiger partial charge in [-0.1, -0.05) is 33.6 Å². The van der Waals surface area contributed by atoms with Gasteiger partial charge in [0, 0.05) is 16.7 Å². The lowest BCUT2D eigenvalue weighted by Gasteiger charge is -2.24. The number of nitriles is 1. The number of nitrogens with zero attached hydrogens (tertiary/aromatic N) is 2. The Morgan fingerprint density at radius 1 is 1.16 bits per heavy atom. The molecule has 0 aliphatic carbocycles. The second-order valence-electron chi connectivity index (χ2n) is 4.35. The van der Waals surface area contributed by atoms with Gasteiger partial charge in [-0.2, -0.15) is 5.26 Å². The van der Waals surface area contributed by atoms with Gasteiger partial charge < -0.3 is 4.90 Å². The van der Waals surface area contributed by atoms with Gasteiger partial charge in [0.05, 0.1) is 11.3 Å². The standard InChI is InChI=1S/C16H15BrN2/c1-3-19(15-7-4-12(2)5-8-15)16-9-6-14(17)10-13(16)11-18/h4-10H,3H2,1-2H3. The zero-order valence-corrected chi connectivity index (χ0v) is 12.6. The maximum Gasteiger partial charge on any atom is 0.101 e. The van der Waals surface area contributed by atoms with Crippen molar-refractivity contribution in [1.29, 1.82) is 5.26 Å². The third-order valence-electron chi connectivity index (χ3n) is 3.03. The van der Waals surface area contributed by atoms with Gasteiger partial charge in [-0.15, -0.1) is 0 Å². The quantitative estimate of drug-likeness (QED) is 0.814. The molecule has 0 radical (unpaired) electrons. The first-order valence-corrected chi connectivity index (χ1v) is 6.99. The Hall–Kier alpha value is -1.79. The minimum Gasteiger partial charge on any atom is -0.341 e. The first kappa shape index (κ1) is 13.6. The van der Waals surface area contributed by atoms with Crippen LogP contribution in [-0.4, -0.2) is 6.54 Å². The maximum atomic E-state index is 9.28. The van der Waals surface area contributed by atoms with Crippen LogP contribution in [0.4, 0.5) is 11.4 Å². The molecule has 0 aliphatic rings. The summed E-state index contributed by atoms with van der Waals surface area (Å²) in [5.74, 6) is 0. The van der Waals surface area contributed by atoms with Crippen LogP contribution in [0.1, 0.15) is 18.1 Å². The first-order valence-electron chi connectivity index (χ1n) is 6.19. The molecule has 3 heteroatoms. The van der Waals surface area contributed by atoms with E-state index < -0.39 is 0 Å². The lowest BCUT2D eigenvalue weighted by atomic mass is 10.1. The van der Waals surface area contributed by atoms with Crippen LogP contribution in [0.2, 0.25) is 0 Å². The van der Waals surface area contributed by atoms with Gasteiger partial charge in [0.1, 0.15) is 6.07 Å². The number of rotatable bonds is 3. The van der Waals surface area contributed by atoms with Gasteiger partial charge >= 0.3 is 0 Å². The van der Waals surface area contributed by atoms with Crippen LogP contribution >= 0.6 is 15.9 Å². The Balaban J connectivity index is 2.48. The topological polar surface area (TPSA) is 27.0 Å². The molecule has 2 rings (SSSR count). The summed E-state index contributed by atoms with van der Waals surface area (Å²) in [4.78, 5) is 2.14. The minimum absolute atomic E-state index is 0.678. The summed E-state index contributed by atoms with van der Waals surface area (Å²) in [5.41, 5.74) is 3.96. The summed E-state index contributed by atoms with van der Waals surface area (Å²) in [6.45, 7) is 4.98. The highest BCUT2D eigenvalue weighted by atomic mass is 79.9. The van der Waals surface area contributed by atoms with E-state index in [-0.39, 0.29) is 0 Å². The summed E-state index contributed by atoms with van der Waals surface area (Å²) in [6, 6.07) is 16.4. The molecule has 0 N–H and O–H groups in total. The van der Waals surface area contributed by atoms with Crippen LogP contribution in [0, 0.1) is 18.3 Å². The summed E-state index contributed by atoms with van der Waals surface area (Å²) >= 11 is 3.40. The molecular weight excluding hydrogens is 300 g/mol. The van der Waals surface area contributed by atoms with Crippen molar-refractivity contribution in [2.24, 2.45) is 0 Å². The second kappa shape index (κ2) is 5.90. The van der Waals surface area contributed by atoms with E-state index in [2.05, 4.69) is 65.0 Å². The van der Waals surface area contributed by atoms with Crippen molar-refractivity contribution < 1.29 is 0 Å². The van der Waals surface area contributed by atoms with Gasteiger partial charge in [0.2, 0.25) is 0 Å². The lowest BCUT2D eigenvalue weighted by Crippen LogP contribution is -2.17. The highest BCUT2D eigenvalue weighted by Gasteiger charge is 2.12. The molecule has 0 unspecified atom stereocenters. The fraction of sp³-hybridized carbons (Fsp3) is 0.188. The molecule has 0 aromatic heterocycles. The van der Waals surface area contributed by atoms with Crippen molar-refractivity contribution >= 4 is 27.3 Å². The number of benzene rings is 2. The van der Waals surface area contributed by atoms with E-state index in [1.807, 2.05) is 18.2 Å². The van der Waals surface area contributed by atoms with Crippen molar-refractivity contribution in [2.45, 2.75) is 13.8 Å². The third kappa shape index (κ3) is 2.97. The van der Waals surface area contributed by atoms with E-state index >= 15 is 0 Å². The van der Waals surface area contributed by atoms with E-state index in [1.54, 1.807) is 0 Å². The normalized spacial score (nSPS) is 10.0. The number of aryl methyl sites for hydroxylation is 1. The molecule has 0 amide bonds. The van der Waals surface area contributed by atoms with Gasteiger partial charge in [-0.25, -0.2) is 0 Å². The number of hydrogen-bond acceptors (Lipinski definition) is 2. The molecule has 0 bridgehead atoms. The molecule has 0 saturated carbocycles. The zero-order chi connectivity index (χ0) is 13.8. The SMILES string of the molecule is CCN(c1ccc(C)cc1)c1ccc(Br)cc1C#N. The number of hydrogen-bond donors (Lipinski definition) is 0. The van der Waals surface area contributed by atoms with Crippen LogP contribution in [0.3, 0.4) is 0 Å². The second-order valence-corrected chi connectivity index (χ2v) is 5.27. The van der Waals surface area contributed by atoms with Crippen molar-refractivity contribution in [3.8, 4) is 6.07 Å². The molecule has 0 fully saturated rings. The highest BCUT2D eigenvalue weighted by Crippen LogP contribution is 2.30. The molecule has 96 valence electrons. The molecular formula is C16H15BrN2. The van der Waals surface area contributed by atoms with Gasteiger partial charge in [0.25, 0.3) is 0 Å². The van der Waals surface area contributed by atoms with Crippen molar-refractivity contribution in [3.05, 3.63) is 58.1 Å². The number of anilines is 2. The Kier molecular flexibility index (Phi) is 4.24. The molecule has 2 nitrogen and oxygen atoms in total. The van der Waals surface area contributed by atoms with Crippen LogP contribution < -0.4 is 4.90 Å². The summed E-state index contributed by atoms with van der Waals surface area (Å²) < 4.78 is 0.924. The smallest absolute Gasteiger partial charge is 0.101 e. The molecule has 19 heavy (non-hydrogen) atoms. The molecule has 0 heterocycles. The third-order valence-corrected chi connectivity index (χ3v) is 3.52. The van der Waals surface area contributed by atoms with Gasteiger partial charge in [0.15, 0.2) is 0 Å². The molecule has 2 aromatic carbocycles. The Morgan fingerprint density at radius 3 is 2.42 bits per heavy atom. The molecule has 0 atom stereocenters. The van der Waals surface area contributed by atoms with Crippen LogP contribution in [0.5, 0.6) is 0 Å². The van der Waals surface area contributed by atoms with E-state index in [0.29, 0.717) is 5.56 Å². The lowest BCUT2D eigenvalue weighted by molar-refractivity contribution is 1.02. The maximum absolute atomic E-state index is 9.28. The fourth-order valence-electron chi connectivity index (χ4n) is 2.05. The van der Waals surface area contributed by atoms with Gasteiger partial charge in [-0.05, 0) is 44.2 Å². The van der Waals surface area contributed by atoms with Crippen molar-refractivity contribution in [1.82, 2.24) is 0 Å². The minimum atomic E-state index is 0.678. The van der Waals surface area contributed by atoms with Crippen molar-refractivity contribution in [3.63, 3.8) is 0 Å². The number of halogens is 1. The summed E-state index contributed by atoms with van der Waals surface area (Å²) in [7, 11) is 0. The van der Waals surface area contributed by atoms with E-state index in [1.165, 1.54) is 5.56 Å². The van der Waals surface area contributed by atoms with Crippen LogP contribution in [-0.2, 0) is 0 Å². The fourth-order valence-corrected chi connectivity index (χ4v) is 2.41. The molecule has 0 aliphatic heterocycles. The van der Waals surface area contributed by atoms with E-state index in [9.17, 15) is 5.26 Å². The molecule has 0 saturated heterocycles. The molecule has 0 spiro atoms. The van der Waals surface area contributed by atoms with E-state index in [0.717, 1.165) is 22.4 Å². The highest BCUT2D eigenvalue weighted by molar-refractivity contribution is 9.10. The Bertz CT molecular complexity index is 612.